The standard InChI is InChI=1S/C14H20FN/c1-11(16)12-6-5-7-13(10-12)14(15)8-3-2-4-9-14/h5-7,10-11H,2-4,8-9,16H2,1H3. The van der Waals surface area contributed by atoms with E-state index >= 15 is 0 Å². The number of halogens is 1. The van der Waals surface area contributed by atoms with Gasteiger partial charge >= 0.3 is 0 Å². The first-order valence-corrected chi connectivity index (χ1v) is 6.17. The van der Waals surface area contributed by atoms with E-state index in [0.29, 0.717) is 12.8 Å². The van der Waals surface area contributed by atoms with Crippen LogP contribution in [0.25, 0.3) is 0 Å². The molecular formula is C14H20FN. The molecule has 1 nitrogen and oxygen atoms in total. The van der Waals surface area contributed by atoms with Crippen LogP contribution in [0.2, 0.25) is 0 Å². The number of benzene rings is 1. The fraction of sp³-hybridized carbons (Fsp3) is 0.571. The van der Waals surface area contributed by atoms with Gasteiger partial charge in [-0.15, -0.1) is 0 Å². The van der Waals surface area contributed by atoms with E-state index in [1.54, 1.807) is 0 Å². The molecule has 0 amide bonds. The van der Waals surface area contributed by atoms with Gasteiger partial charge in [0.25, 0.3) is 0 Å². The highest BCUT2D eigenvalue weighted by Crippen LogP contribution is 2.41. The lowest BCUT2D eigenvalue weighted by Crippen LogP contribution is -2.23. The molecule has 2 rings (SSSR count). The summed E-state index contributed by atoms with van der Waals surface area (Å²) in [7, 11) is 0. The minimum absolute atomic E-state index is 0.0212. The van der Waals surface area contributed by atoms with Crippen molar-refractivity contribution in [3.63, 3.8) is 0 Å². The van der Waals surface area contributed by atoms with Crippen LogP contribution in [0.5, 0.6) is 0 Å². The van der Waals surface area contributed by atoms with E-state index < -0.39 is 5.67 Å². The number of alkyl halides is 1. The predicted molar refractivity (Wildman–Crippen MR) is 64.9 cm³/mol. The summed E-state index contributed by atoms with van der Waals surface area (Å²) in [6.07, 6.45) is 4.49. The van der Waals surface area contributed by atoms with Gasteiger partial charge in [0, 0.05) is 6.04 Å². The van der Waals surface area contributed by atoms with Gasteiger partial charge in [0.15, 0.2) is 0 Å². The zero-order valence-corrected chi connectivity index (χ0v) is 9.88. The van der Waals surface area contributed by atoms with Crippen LogP contribution < -0.4 is 5.73 Å². The highest BCUT2D eigenvalue weighted by atomic mass is 19.1. The predicted octanol–water partition coefficient (Wildman–Crippen LogP) is 3.84. The van der Waals surface area contributed by atoms with Gasteiger partial charge in [0.2, 0.25) is 0 Å². The molecule has 1 fully saturated rings. The summed E-state index contributed by atoms with van der Waals surface area (Å²) in [5.41, 5.74) is 6.57. The third-order valence-corrected chi connectivity index (χ3v) is 3.58. The van der Waals surface area contributed by atoms with Crippen LogP contribution in [0.1, 0.15) is 56.2 Å². The van der Waals surface area contributed by atoms with Crippen molar-refractivity contribution in [2.45, 2.75) is 50.7 Å². The van der Waals surface area contributed by atoms with Crippen LogP contribution in [-0.4, -0.2) is 0 Å². The molecule has 1 aromatic rings. The molecule has 1 atom stereocenters. The number of nitrogens with two attached hydrogens (primary N) is 1. The van der Waals surface area contributed by atoms with Gasteiger partial charge in [-0.2, -0.15) is 0 Å². The van der Waals surface area contributed by atoms with Crippen LogP contribution in [-0.2, 0) is 5.67 Å². The van der Waals surface area contributed by atoms with E-state index in [1.807, 2.05) is 31.2 Å². The first-order chi connectivity index (χ1) is 7.62. The summed E-state index contributed by atoms with van der Waals surface area (Å²) in [6, 6.07) is 7.71. The number of rotatable bonds is 2. The maximum absolute atomic E-state index is 14.7. The Hall–Kier alpha value is -0.890. The average Bonchev–Trinajstić information content (AvgIpc) is 2.30. The van der Waals surface area contributed by atoms with Crippen LogP contribution in [0.15, 0.2) is 24.3 Å². The van der Waals surface area contributed by atoms with Crippen LogP contribution in [0.3, 0.4) is 0 Å². The van der Waals surface area contributed by atoms with Crippen LogP contribution >= 0.6 is 0 Å². The van der Waals surface area contributed by atoms with Gasteiger partial charge < -0.3 is 5.73 Å². The van der Waals surface area contributed by atoms with E-state index in [-0.39, 0.29) is 6.04 Å². The summed E-state index contributed by atoms with van der Waals surface area (Å²) in [5.74, 6) is 0. The molecule has 0 aliphatic heterocycles. The van der Waals surface area contributed by atoms with Gasteiger partial charge in [-0.05, 0) is 43.7 Å². The van der Waals surface area contributed by atoms with Crippen molar-refractivity contribution >= 4 is 0 Å². The number of hydrogen-bond donors (Lipinski definition) is 1. The Labute approximate surface area is 96.9 Å². The molecule has 0 bridgehead atoms. The minimum atomic E-state index is -1.11. The zero-order valence-electron chi connectivity index (χ0n) is 9.88. The Balaban J connectivity index is 2.28. The van der Waals surface area contributed by atoms with Gasteiger partial charge in [0.05, 0.1) is 0 Å². The van der Waals surface area contributed by atoms with Crippen LogP contribution in [0.4, 0.5) is 4.39 Å². The molecule has 0 aromatic heterocycles. The monoisotopic (exact) mass is 221 g/mol. The van der Waals surface area contributed by atoms with Gasteiger partial charge in [-0.25, -0.2) is 4.39 Å². The summed E-state index contributed by atoms with van der Waals surface area (Å²) < 4.78 is 14.7. The van der Waals surface area contributed by atoms with Gasteiger partial charge in [-0.3, -0.25) is 0 Å². The molecular weight excluding hydrogens is 201 g/mol. The highest BCUT2D eigenvalue weighted by Gasteiger charge is 2.33. The van der Waals surface area contributed by atoms with E-state index in [2.05, 4.69) is 0 Å². The molecule has 0 radical (unpaired) electrons. The lowest BCUT2D eigenvalue weighted by molar-refractivity contribution is 0.106. The molecule has 0 heterocycles. The molecule has 0 saturated heterocycles. The Kier molecular flexibility index (Phi) is 3.29. The fourth-order valence-electron chi connectivity index (χ4n) is 2.50. The third kappa shape index (κ3) is 2.27. The molecule has 2 N–H and O–H groups in total. The largest absolute Gasteiger partial charge is 0.324 e. The van der Waals surface area contributed by atoms with Crippen molar-refractivity contribution in [1.29, 1.82) is 0 Å². The molecule has 1 unspecified atom stereocenters. The molecule has 1 aliphatic carbocycles. The lowest BCUT2D eigenvalue weighted by Gasteiger charge is -2.30. The Morgan fingerprint density at radius 3 is 2.56 bits per heavy atom. The van der Waals surface area contributed by atoms with Crippen molar-refractivity contribution in [2.75, 3.05) is 0 Å². The summed E-state index contributed by atoms with van der Waals surface area (Å²) >= 11 is 0. The van der Waals surface area contributed by atoms with E-state index in [9.17, 15) is 4.39 Å². The molecule has 1 aliphatic rings. The highest BCUT2D eigenvalue weighted by molar-refractivity contribution is 5.30. The third-order valence-electron chi connectivity index (χ3n) is 3.58. The second-order valence-corrected chi connectivity index (χ2v) is 4.94. The van der Waals surface area contributed by atoms with E-state index in [4.69, 9.17) is 5.73 Å². The molecule has 2 heteroatoms. The smallest absolute Gasteiger partial charge is 0.136 e. The summed E-state index contributed by atoms with van der Waals surface area (Å²) in [4.78, 5) is 0. The second-order valence-electron chi connectivity index (χ2n) is 4.94. The van der Waals surface area contributed by atoms with Crippen LogP contribution in [0, 0.1) is 0 Å². The summed E-state index contributed by atoms with van der Waals surface area (Å²) in [5, 5.41) is 0. The van der Waals surface area contributed by atoms with Crippen molar-refractivity contribution < 1.29 is 4.39 Å². The first kappa shape index (κ1) is 11.6. The average molecular weight is 221 g/mol. The normalized spacial score (nSPS) is 21.7. The van der Waals surface area contributed by atoms with Gasteiger partial charge in [0.1, 0.15) is 5.67 Å². The van der Waals surface area contributed by atoms with E-state index in [0.717, 1.165) is 24.0 Å². The Morgan fingerprint density at radius 1 is 1.25 bits per heavy atom. The molecule has 16 heavy (non-hydrogen) atoms. The minimum Gasteiger partial charge on any atom is -0.324 e. The topological polar surface area (TPSA) is 26.0 Å². The quantitative estimate of drug-likeness (QED) is 0.806. The Morgan fingerprint density at radius 2 is 1.94 bits per heavy atom. The molecule has 1 aromatic carbocycles. The van der Waals surface area contributed by atoms with Gasteiger partial charge in [-0.1, -0.05) is 30.7 Å². The zero-order chi connectivity index (χ0) is 11.6. The van der Waals surface area contributed by atoms with Crippen molar-refractivity contribution in [3.05, 3.63) is 35.4 Å². The first-order valence-electron chi connectivity index (χ1n) is 6.17. The lowest BCUT2D eigenvalue weighted by atomic mass is 9.80. The SMILES string of the molecule is CC(N)c1cccc(C2(F)CCCCC2)c1. The molecule has 88 valence electrons. The summed E-state index contributed by atoms with van der Waals surface area (Å²) in [6.45, 7) is 1.94. The number of hydrogen-bond acceptors (Lipinski definition) is 1. The Bertz CT molecular complexity index is 354. The van der Waals surface area contributed by atoms with E-state index in [1.165, 1.54) is 6.42 Å². The molecule has 1 saturated carbocycles. The maximum atomic E-state index is 14.7. The second kappa shape index (κ2) is 4.54. The fourth-order valence-corrected chi connectivity index (χ4v) is 2.50. The maximum Gasteiger partial charge on any atom is 0.136 e. The molecule has 0 spiro atoms. The van der Waals surface area contributed by atoms with Crippen molar-refractivity contribution in [2.24, 2.45) is 5.73 Å². The van der Waals surface area contributed by atoms with Crippen molar-refractivity contribution in [1.82, 2.24) is 0 Å². The van der Waals surface area contributed by atoms with Crippen molar-refractivity contribution in [3.8, 4) is 0 Å².